The highest BCUT2D eigenvalue weighted by atomic mass is 16.5. The summed E-state index contributed by atoms with van der Waals surface area (Å²) in [6.45, 7) is 3.68. The lowest BCUT2D eigenvalue weighted by atomic mass is 9.96. The van der Waals surface area contributed by atoms with Gasteiger partial charge in [-0.2, -0.15) is 0 Å². The summed E-state index contributed by atoms with van der Waals surface area (Å²) in [5.74, 6) is 1.75. The lowest BCUT2D eigenvalue weighted by molar-refractivity contribution is -0.144. The first-order valence-corrected chi connectivity index (χ1v) is 8.18. The molecule has 3 heteroatoms. The maximum absolute atomic E-state index is 12.5. The van der Waals surface area contributed by atoms with Gasteiger partial charge in [-0.3, -0.25) is 4.79 Å². The molecule has 1 amide bonds. The summed E-state index contributed by atoms with van der Waals surface area (Å²) in [5.41, 5.74) is 0. The van der Waals surface area contributed by atoms with Crippen LogP contribution in [-0.2, 0) is 9.53 Å². The second-order valence-electron chi connectivity index (χ2n) is 6.70. The van der Waals surface area contributed by atoms with Gasteiger partial charge in [0, 0.05) is 12.6 Å². The van der Waals surface area contributed by atoms with Crippen LogP contribution in [0.3, 0.4) is 0 Å². The molecule has 0 aromatic rings. The van der Waals surface area contributed by atoms with Gasteiger partial charge in [0.2, 0.25) is 0 Å². The molecule has 0 N–H and O–H groups in total. The van der Waals surface area contributed by atoms with Gasteiger partial charge in [-0.25, -0.2) is 0 Å². The number of hydrogen-bond acceptors (Lipinski definition) is 2. The second kappa shape index (κ2) is 5.82. The van der Waals surface area contributed by atoms with Crippen LogP contribution in [0.1, 0.15) is 58.3 Å². The first-order chi connectivity index (χ1) is 9.25. The number of carbonyl (C=O) groups is 1. The highest BCUT2D eigenvalue weighted by Crippen LogP contribution is 2.36. The first kappa shape index (κ1) is 13.4. The number of nitrogens with zero attached hydrogens (tertiary/aromatic N) is 1. The van der Waals surface area contributed by atoms with Crippen molar-refractivity contribution < 1.29 is 9.53 Å². The van der Waals surface area contributed by atoms with Gasteiger partial charge in [-0.15, -0.1) is 0 Å². The molecule has 1 heterocycles. The van der Waals surface area contributed by atoms with Crippen LogP contribution in [0.4, 0.5) is 0 Å². The molecule has 19 heavy (non-hydrogen) atoms. The Labute approximate surface area is 116 Å². The third-order valence-corrected chi connectivity index (χ3v) is 5.15. The van der Waals surface area contributed by atoms with Gasteiger partial charge >= 0.3 is 0 Å². The molecule has 2 aliphatic carbocycles. The molecular weight excluding hydrogens is 238 g/mol. The van der Waals surface area contributed by atoms with E-state index in [1.54, 1.807) is 0 Å². The summed E-state index contributed by atoms with van der Waals surface area (Å²) < 4.78 is 5.76. The number of ether oxygens (including phenoxy) is 1. The highest BCUT2D eigenvalue weighted by Gasteiger charge is 2.37. The zero-order chi connectivity index (χ0) is 13.2. The minimum absolute atomic E-state index is 0.234. The van der Waals surface area contributed by atoms with Crippen molar-refractivity contribution in [1.82, 2.24) is 4.90 Å². The lowest BCUT2D eigenvalue weighted by Crippen LogP contribution is -2.44. The molecule has 2 saturated carbocycles. The first-order valence-electron chi connectivity index (χ1n) is 8.18. The van der Waals surface area contributed by atoms with Crippen molar-refractivity contribution in [3.05, 3.63) is 0 Å². The Hall–Kier alpha value is -0.570. The van der Waals surface area contributed by atoms with E-state index in [-0.39, 0.29) is 12.0 Å². The lowest BCUT2D eigenvalue weighted by Gasteiger charge is -2.31. The van der Waals surface area contributed by atoms with Gasteiger partial charge in [0.1, 0.15) is 6.10 Å². The third-order valence-electron chi connectivity index (χ3n) is 5.15. The summed E-state index contributed by atoms with van der Waals surface area (Å²) in [6, 6.07) is 0.516. The summed E-state index contributed by atoms with van der Waals surface area (Å²) in [6.07, 6.45) is 10.1. The molecule has 0 aromatic carbocycles. The van der Waals surface area contributed by atoms with Gasteiger partial charge in [0.05, 0.1) is 6.61 Å². The van der Waals surface area contributed by atoms with Crippen LogP contribution >= 0.6 is 0 Å². The average molecular weight is 265 g/mol. The number of hydrogen-bond donors (Lipinski definition) is 0. The topological polar surface area (TPSA) is 29.5 Å². The minimum Gasteiger partial charge on any atom is -0.368 e. The molecule has 2 atom stereocenters. The van der Waals surface area contributed by atoms with Gasteiger partial charge in [-0.05, 0) is 57.3 Å². The summed E-state index contributed by atoms with van der Waals surface area (Å²) in [7, 11) is 0. The molecule has 3 nitrogen and oxygen atoms in total. The highest BCUT2D eigenvalue weighted by molar-refractivity contribution is 5.81. The van der Waals surface area contributed by atoms with Crippen LogP contribution < -0.4 is 0 Å². The van der Waals surface area contributed by atoms with Crippen LogP contribution in [0.15, 0.2) is 0 Å². The average Bonchev–Trinajstić information content (AvgIpc) is 2.92. The van der Waals surface area contributed by atoms with Crippen molar-refractivity contribution in [2.45, 2.75) is 70.4 Å². The van der Waals surface area contributed by atoms with Crippen LogP contribution in [0.5, 0.6) is 0 Å². The maximum atomic E-state index is 12.5. The van der Waals surface area contributed by atoms with Crippen molar-refractivity contribution in [2.75, 3.05) is 13.2 Å². The van der Waals surface area contributed by atoms with Gasteiger partial charge in [0.25, 0.3) is 5.91 Å². The van der Waals surface area contributed by atoms with Crippen molar-refractivity contribution in [2.24, 2.45) is 11.8 Å². The molecule has 108 valence electrons. The van der Waals surface area contributed by atoms with E-state index in [1.807, 2.05) is 6.92 Å². The van der Waals surface area contributed by atoms with Crippen molar-refractivity contribution in [3.63, 3.8) is 0 Å². The molecular formula is C16H27NO2. The van der Waals surface area contributed by atoms with Crippen molar-refractivity contribution >= 4 is 5.91 Å². The molecule has 3 rings (SSSR count). The molecule has 0 bridgehead atoms. The van der Waals surface area contributed by atoms with E-state index in [9.17, 15) is 4.79 Å². The Bertz CT molecular complexity index is 321. The van der Waals surface area contributed by atoms with E-state index in [2.05, 4.69) is 4.90 Å². The fourth-order valence-electron chi connectivity index (χ4n) is 3.77. The van der Waals surface area contributed by atoms with Gasteiger partial charge in [0.15, 0.2) is 0 Å². The van der Waals surface area contributed by atoms with Crippen LogP contribution in [0, 0.1) is 11.8 Å². The van der Waals surface area contributed by atoms with Crippen LogP contribution in [0.2, 0.25) is 0 Å². The van der Waals surface area contributed by atoms with E-state index in [0.717, 1.165) is 25.0 Å². The minimum atomic E-state index is -0.234. The molecule has 0 radical (unpaired) electrons. The molecule has 0 unspecified atom stereocenters. The van der Waals surface area contributed by atoms with Gasteiger partial charge in [-0.1, -0.05) is 12.8 Å². The van der Waals surface area contributed by atoms with Crippen molar-refractivity contribution in [1.29, 1.82) is 0 Å². The predicted molar refractivity (Wildman–Crippen MR) is 74.8 cm³/mol. The Balaban J connectivity index is 1.54. The molecule has 0 aromatic heterocycles. The summed E-state index contributed by atoms with van der Waals surface area (Å²) in [4.78, 5) is 14.7. The third kappa shape index (κ3) is 3.13. The zero-order valence-electron chi connectivity index (χ0n) is 12.1. The number of amides is 1. The monoisotopic (exact) mass is 265 g/mol. The van der Waals surface area contributed by atoms with E-state index in [4.69, 9.17) is 4.74 Å². The van der Waals surface area contributed by atoms with E-state index < -0.39 is 0 Å². The van der Waals surface area contributed by atoms with E-state index >= 15 is 0 Å². The molecule has 3 fully saturated rings. The summed E-state index contributed by atoms with van der Waals surface area (Å²) in [5, 5.41) is 0. The molecule has 3 aliphatic rings. The smallest absolute Gasteiger partial charge is 0.251 e. The Kier molecular flexibility index (Phi) is 4.11. The van der Waals surface area contributed by atoms with Crippen LogP contribution in [0.25, 0.3) is 0 Å². The molecule has 0 spiro atoms. The number of likely N-dealkylation sites (tertiary alicyclic amines) is 1. The second-order valence-corrected chi connectivity index (χ2v) is 6.70. The Morgan fingerprint density at radius 1 is 1.16 bits per heavy atom. The molecule has 1 saturated heterocycles. The fraction of sp³-hybridized carbons (Fsp3) is 0.938. The largest absolute Gasteiger partial charge is 0.368 e. The molecule has 1 aliphatic heterocycles. The Morgan fingerprint density at radius 3 is 2.58 bits per heavy atom. The summed E-state index contributed by atoms with van der Waals surface area (Å²) >= 11 is 0. The SMILES string of the molecule is C[C@H](OCC1CC1)C(=O)N1CCC[C@@H]1C1CCCC1. The van der Waals surface area contributed by atoms with E-state index in [0.29, 0.717) is 6.04 Å². The number of carbonyl (C=O) groups excluding carboxylic acids is 1. The number of rotatable bonds is 5. The zero-order valence-corrected chi connectivity index (χ0v) is 12.1. The predicted octanol–water partition coefficient (Wildman–Crippen LogP) is 2.98. The van der Waals surface area contributed by atoms with Crippen LogP contribution in [-0.4, -0.2) is 36.1 Å². The quantitative estimate of drug-likeness (QED) is 0.765. The Morgan fingerprint density at radius 2 is 1.89 bits per heavy atom. The van der Waals surface area contributed by atoms with Gasteiger partial charge < -0.3 is 9.64 Å². The fourth-order valence-corrected chi connectivity index (χ4v) is 3.77. The van der Waals surface area contributed by atoms with E-state index in [1.165, 1.54) is 51.4 Å². The standard InChI is InChI=1S/C16H27NO2/c1-12(19-11-13-8-9-13)16(18)17-10-4-7-15(17)14-5-2-3-6-14/h12-15H,2-11H2,1H3/t12-,15+/m0/s1. The normalized spacial score (nSPS) is 29.9. The van der Waals surface area contributed by atoms with Crippen molar-refractivity contribution in [3.8, 4) is 0 Å². The maximum Gasteiger partial charge on any atom is 0.251 e.